The molecule has 0 spiro atoms. The van der Waals surface area contributed by atoms with Crippen molar-refractivity contribution >= 4 is 11.9 Å². The Morgan fingerprint density at radius 1 is 1.50 bits per heavy atom. The first-order valence-electron chi connectivity index (χ1n) is 6.34. The summed E-state index contributed by atoms with van der Waals surface area (Å²) >= 11 is 0. The van der Waals surface area contributed by atoms with E-state index in [0.717, 1.165) is 0 Å². The van der Waals surface area contributed by atoms with Crippen molar-refractivity contribution in [2.24, 2.45) is 0 Å². The molecule has 2 N–H and O–H groups in total. The van der Waals surface area contributed by atoms with E-state index in [1.54, 1.807) is 4.90 Å². The lowest BCUT2D eigenvalue weighted by Gasteiger charge is -2.38. The molecule has 1 aliphatic heterocycles. The van der Waals surface area contributed by atoms with E-state index >= 15 is 0 Å². The number of carbonyl (C=O) groups excluding carboxylic acids is 1. The van der Waals surface area contributed by atoms with E-state index in [1.807, 2.05) is 20.8 Å². The minimum atomic E-state index is -0.887. The molecule has 1 fully saturated rings. The van der Waals surface area contributed by atoms with E-state index in [4.69, 9.17) is 4.74 Å². The van der Waals surface area contributed by atoms with Gasteiger partial charge >= 0.3 is 5.97 Å². The van der Waals surface area contributed by atoms with Crippen molar-refractivity contribution in [2.45, 2.75) is 45.3 Å². The number of ether oxygens (including phenoxy) is 1. The summed E-state index contributed by atoms with van der Waals surface area (Å²) in [5.74, 6) is -1.05. The number of nitrogens with zero attached hydrogens (tertiary/aromatic N) is 1. The summed E-state index contributed by atoms with van der Waals surface area (Å²) in [4.78, 5) is 25.0. The van der Waals surface area contributed by atoms with Gasteiger partial charge in [-0.05, 0) is 20.3 Å². The molecule has 0 saturated carbocycles. The van der Waals surface area contributed by atoms with E-state index in [9.17, 15) is 14.7 Å². The number of morpholine rings is 1. The van der Waals surface area contributed by atoms with E-state index in [1.165, 1.54) is 0 Å². The zero-order chi connectivity index (χ0) is 13.7. The molecule has 0 aromatic rings. The van der Waals surface area contributed by atoms with Crippen molar-refractivity contribution < 1.29 is 19.4 Å². The number of rotatable bonds is 5. The minimum Gasteiger partial charge on any atom is -0.480 e. The summed E-state index contributed by atoms with van der Waals surface area (Å²) in [6, 6.07) is -1.11. The van der Waals surface area contributed by atoms with Crippen molar-refractivity contribution in [2.75, 3.05) is 19.8 Å². The Hall–Kier alpha value is -1.14. The maximum absolute atomic E-state index is 12.0. The average Bonchev–Trinajstić information content (AvgIpc) is 2.29. The normalized spacial score (nSPS) is 22.8. The predicted molar refractivity (Wildman–Crippen MR) is 66.3 cm³/mol. The highest BCUT2D eigenvalue weighted by Crippen LogP contribution is 2.14. The fourth-order valence-corrected chi connectivity index (χ4v) is 2.15. The molecule has 1 heterocycles. The quantitative estimate of drug-likeness (QED) is 0.730. The molecule has 2 unspecified atom stereocenters. The molecule has 0 aromatic carbocycles. The third-order valence-electron chi connectivity index (χ3n) is 2.98. The zero-order valence-electron chi connectivity index (χ0n) is 11.2. The van der Waals surface area contributed by atoms with Crippen molar-refractivity contribution in [3.63, 3.8) is 0 Å². The number of carbonyl (C=O) groups is 2. The van der Waals surface area contributed by atoms with Crippen LogP contribution in [0.2, 0.25) is 0 Å². The van der Waals surface area contributed by atoms with Gasteiger partial charge in [0.15, 0.2) is 0 Å². The van der Waals surface area contributed by atoms with Gasteiger partial charge in [0.1, 0.15) is 12.1 Å². The van der Waals surface area contributed by atoms with Crippen molar-refractivity contribution in [3.05, 3.63) is 0 Å². The first kappa shape index (κ1) is 14.9. The van der Waals surface area contributed by atoms with E-state index in [-0.39, 0.29) is 18.6 Å². The van der Waals surface area contributed by atoms with Crippen LogP contribution in [0.15, 0.2) is 0 Å². The zero-order valence-corrected chi connectivity index (χ0v) is 11.2. The number of nitrogens with one attached hydrogen (secondary N) is 1. The number of amides is 1. The fraction of sp³-hybridized carbons (Fsp3) is 0.833. The molecule has 6 heteroatoms. The first-order valence-corrected chi connectivity index (χ1v) is 6.34. The van der Waals surface area contributed by atoms with Crippen LogP contribution in [-0.2, 0) is 14.3 Å². The fourth-order valence-electron chi connectivity index (χ4n) is 2.15. The van der Waals surface area contributed by atoms with Gasteiger partial charge in [0.05, 0.1) is 13.2 Å². The Labute approximate surface area is 107 Å². The molecule has 0 bridgehead atoms. The Balaban J connectivity index is 2.78. The van der Waals surface area contributed by atoms with Crippen LogP contribution in [0.25, 0.3) is 0 Å². The summed E-state index contributed by atoms with van der Waals surface area (Å²) in [5, 5.41) is 12.0. The predicted octanol–water partition coefficient (Wildman–Crippen LogP) is 0.0750. The van der Waals surface area contributed by atoms with Crippen molar-refractivity contribution in [1.29, 1.82) is 0 Å². The molecular formula is C12H22N2O4. The van der Waals surface area contributed by atoms with Gasteiger partial charge in [-0.2, -0.15) is 0 Å². The highest BCUT2D eigenvalue weighted by molar-refractivity contribution is 5.83. The van der Waals surface area contributed by atoms with Crippen LogP contribution in [0.3, 0.4) is 0 Å². The lowest BCUT2D eigenvalue weighted by molar-refractivity contribution is -0.151. The SMILES string of the molecule is CCC(C(=O)O)N1CCOCC1C(=O)NC(C)C. The van der Waals surface area contributed by atoms with Crippen LogP contribution in [0.5, 0.6) is 0 Å². The number of aliphatic carboxylic acids is 1. The molecule has 0 radical (unpaired) electrons. The molecular weight excluding hydrogens is 236 g/mol. The Morgan fingerprint density at radius 2 is 2.17 bits per heavy atom. The number of hydrogen-bond acceptors (Lipinski definition) is 4. The second kappa shape index (κ2) is 6.70. The van der Waals surface area contributed by atoms with Crippen LogP contribution in [0, 0.1) is 0 Å². The van der Waals surface area contributed by atoms with Crippen LogP contribution < -0.4 is 5.32 Å². The summed E-state index contributed by atoms with van der Waals surface area (Å²) in [7, 11) is 0. The van der Waals surface area contributed by atoms with Crippen LogP contribution in [0.4, 0.5) is 0 Å². The summed E-state index contributed by atoms with van der Waals surface area (Å²) < 4.78 is 5.29. The smallest absolute Gasteiger partial charge is 0.320 e. The molecule has 18 heavy (non-hydrogen) atoms. The standard InChI is InChI=1S/C12H22N2O4/c1-4-9(12(16)17)14-5-6-18-7-10(14)11(15)13-8(2)3/h8-10H,4-7H2,1-3H3,(H,13,15)(H,16,17). The third kappa shape index (κ3) is 3.68. The van der Waals surface area contributed by atoms with Gasteiger partial charge in [0.25, 0.3) is 0 Å². The number of hydrogen-bond donors (Lipinski definition) is 2. The van der Waals surface area contributed by atoms with Crippen LogP contribution in [0.1, 0.15) is 27.2 Å². The van der Waals surface area contributed by atoms with Gasteiger partial charge in [-0.3, -0.25) is 14.5 Å². The van der Waals surface area contributed by atoms with Gasteiger partial charge in [-0.15, -0.1) is 0 Å². The maximum Gasteiger partial charge on any atom is 0.320 e. The highest BCUT2D eigenvalue weighted by Gasteiger charge is 2.36. The van der Waals surface area contributed by atoms with Crippen molar-refractivity contribution in [1.82, 2.24) is 10.2 Å². The molecule has 1 rings (SSSR count). The molecule has 6 nitrogen and oxygen atoms in total. The largest absolute Gasteiger partial charge is 0.480 e. The van der Waals surface area contributed by atoms with Crippen LogP contribution >= 0.6 is 0 Å². The van der Waals surface area contributed by atoms with Crippen LogP contribution in [-0.4, -0.2) is 59.8 Å². The Bertz CT molecular complexity index is 306. The highest BCUT2D eigenvalue weighted by atomic mass is 16.5. The summed E-state index contributed by atoms with van der Waals surface area (Å²) in [6.07, 6.45) is 0.473. The summed E-state index contributed by atoms with van der Waals surface area (Å²) in [5.41, 5.74) is 0. The molecule has 0 aromatic heterocycles. The van der Waals surface area contributed by atoms with Gasteiger partial charge in [0.2, 0.25) is 5.91 Å². The lowest BCUT2D eigenvalue weighted by Crippen LogP contribution is -2.59. The Kier molecular flexibility index (Phi) is 5.55. The first-order chi connectivity index (χ1) is 8.47. The third-order valence-corrected chi connectivity index (χ3v) is 2.98. The second-order valence-corrected chi connectivity index (χ2v) is 4.75. The molecule has 2 atom stereocenters. The van der Waals surface area contributed by atoms with Gasteiger partial charge in [-0.1, -0.05) is 6.92 Å². The monoisotopic (exact) mass is 258 g/mol. The average molecular weight is 258 g/mol. The second-order valence-electron chi connectivity index (χ2n) is 4.75. The Morgan fingerprint density at radius 3 is 2.67 bits per heavy atom. The molecule has 1 aliphatic rings. The maximum atomic E-state index is 12.0. The van der Waals surface area contributed by atoms with Crippen molar-refractivity contribution in [3.8, 4) is 0 Å². The van der Waals surface area contributed by atoms with E-state index in [0.29, 0.717) is 19.6 Å². The van der Waals surface area contributed by atoms with E-state index in [2.05, 4.69) is 5.32 Å². The number of carboxylic acids is 1. The van der Waals surface area contributed by atoms with Gasteiger partial charge < -0.3 is 15.2 Å². The topological polar surface area (TPSA) is 78.9 Å². The minimum absolute atomic E-state index is 0.0335. The molecule has 104 valence electrons. The van der Waals surface area contributed by atoms with E-state index < -0.39 is 18.1 Å². The van der Waals surface area contributed by atoms with Gasteiger partial charge in [-0.25, -0.2) is 0 Å². The number of carboxylic acid groups (broad SMARTS) is 1. The lowest BCUT2D eigenvalue weighted by atomic mass is 10.1. The summed E-state index contributed by atoms with van der Waals surface area (Å²) in [6.45, 7) is 6.76. The molecule has 1 saturated heterocycles. The molecule has 0 aliphatic carbocycles. The van der Waals surface area contributed by atoms with Gasteiger partial charge in [0, 0.05) is 12.6 Å². The molecule has 1 amide bonds.